The van der Waals surface area contributed by atoms with Gasteiger partial charge in [-0.25, -0.2) is 4.90 Å². The van der Waals surface area contributed by atoms with E-state index in [2.05, 4.69) is 0 Å². The Bertz CT molecular complexity index is 1160. The second-order valence-electron chi connectivity index (χ2n) is 9.19. The minimum atomic E-state index is -3.05. The Kier molecular flexibility index (Phi) is 3.93. The highest BCUT2D eigenvalue weighted by Gasteiger charge is 2.81. The maximum atomic E-state index is 14.6. The van der Waals surface area contributed by atoms with E-state index in [4.69, 9.17) is 11.6 Å². The molecule has 3 aliphatic heterocycles. The lowest BCUT2D eigenvalue weighted by molar-refractivity contribution is -0.142. The van der Waals surface area contributed by atoms with Crippen molar-refractivity contribution in [2.75, 3.05) is 11.1 Å². The summed E-state index contributed by atoms with van der Waals surface area (Å²) in [5.41, 5.74) is -3.24. The van der Waals surface area contributed by atoms with Gasteiger partial charge in [0.15, 0.2) is 0 Å². The number of carbonyl (C=O) groups is 2. The van der Waals surface area contributed by atoms with Crippen LogP contribution in [0.5, 0.6) is 0 Å². The summed E-state index contributed by atoms with van der Waals surface area (Å²) in [5, 5.41) is 1.27. The molecule has 2 fully saturated rings. The molecule has 30 heavy (non-hydrogen) atoms. The molecule has 1 aliphatic carbocycles. The van der Waals surface area contributed by atoms with Gasteiger partial charge >= 0.3 is 0 Å². The summed E-state index contributed by atoms with van der Waals surface area (Å²) in [6.07, 6.45) is 2.08. The van der Waals surface area contributed by atoms with E-state index in [0.29, 0.717) is 10.7 Å². The third-order valence-electron chi connectivity index (χ3n) is 8.05. The lowest BCUT2D eigenvalue weighted by Crippen LogP contribution is -2.65. The minimum Gasteiger partial charge on any atom is -0.318 e. The van der Waals surface area contributed by atoms with Gasteiger partial charge in [0.1, 0.15) is 7.14 Å². The van der Waals surface area contributed by atoms with E-state index in [-0.39, 0.29) is 18.0 Å². The summed E-state index contributed by atoms with van der Waals surface area (Å²) in [6, 6.07) is 18.3. The van der Waals surface area contributed by atoms with Crippen molar-refractivity contribution in [3.8, 4) is 0 Å². The van der Waals surface area contributed by atoms with E-state index in [1.54, 1.807) is 30.3 Å². The summed E-state index contributed by atoms with van der Waals surface area (Å²) in [6.45, 7) is 5.55. The fourth-order valence-electron chi connectivity index (χ4n) is 6.03. The molecule has 4 aliphatic rings. The van der Waals surface area contributed by atoms with Crippen LogP contribution >= 0.6 is 18.7 Å². The normalized spacial score (nSPS) is 39.8. The van der Waals surface area contributed by atoms with Crippen LogP contribution < -0.4 is 10.2 Å². The molecule has 6 rings (SSSR count). The van der Waals surface area contributed by atoms with Crippen molar-refractivity contribution in [1.29, 1.82) is 0 Å². The van der Waals surface area contributed by atoms with E-state index in [1.807, 2.05) is 57.2 Å². The summed E-state index contributed by atoms with van der Waals surface area (Å²) in [7, 11) is -3.05. The summed E-state index contributed by atoms with van der Waals surface area (Å²) in [5.74, 6) is -0.562. The van der Waals surface area contributed by atoms with Crippen LogP contribution in [0.1, 0.15) is 20.8 Å². The monoisotopic (exact) mass is 439 g/mol. The Morgan fingerprint density at radius 2 is 1.50 bits per heavy atom. The van der Waals surface area contributed by atoms with Crippen LogP contribution in [0, 0.1) is 16.2 Å². The predicted molar refractivity (Wildman–Crippen MR) is 120 cm³/mol. The summed E-state index contributed by atoms with van der Waals surface area (Å²) >= 11 is 6.75. The molecule has 2 aromatic carbocycles. The molecule has 6 heteroatoms. The van der Waals surface area contributed by atoms with Gasteiger partial charge in [-0.2, -0.15) is 0 Å². The van der Waals surface area contributed by atoms with Crippen LogP contribution in [-0.4, -0.2) is 23.6 Å². The molecule has 2 aromatic rings. The lowest BCUT2D eigenvalue weighted by Gasteiger charge is -2.62. The molecule has 1 unspecified atom stereocenters. The molecule has 0 aromatic heterocycles. The number of para-hydroxylation sites is 1. The number of hydrogen-bond donors (Lipinski definition) is 0. The quantitative estimate of drug-likeness (QED) is 0.499. The highest BCUT2D eigenvalue weighted by atomic mass is 35.5. The number of hydrogen-bond acceptors (Lipinski definition) is 3. The number of benzene rings is 2. The third kappa shape index (κ3) is 1.98. The first-order valence-corrected chi connectivity index (χ1v) is 12.4. The third-order valence-corrected chi connectivity index (χ3v) is 12.4. The average Bonchev–Trinajstić information content (AvgIpc) is 2.91. The van der Waals surface area contributed by atoms with Crippen LogP contribution in [0.25, 0.3) is 0 Å². The second kappa shape index (κ2) is 5.96. The fourth-order valence-corrected chi connectivity index (χ4v) is 11.0. The number of amides is 2. The van der Waals surface area contributed by atoms with E-state index in [9.17, 15) is 14.2 Å². The number of fused-ring (bicyclic) bond motifs is 1. The van der Waals surface area contributed by atoms with Gasteiger partial charge in [0, 0.05) is 21.9 Å². The molecule has 4 nitrogen and oxygen atoms in total. The maximum Gasteiger partial charge on any atom is 0.241 e. The summed E-state index contributed by atoms with van der Waals surface area (Å²) < 4.78 is 14.6. The Hall–Kier alpha value is -2.16. The van der Waals surface area contributed by atoms with Crippen LogP contribution in [-0.2, 0) is 14.2 Å². The zero-order valence-corrected chi connectivity index (χ0v) is 18.8. The second-order valence-corrected chi connectivity index (χ2v) is 12.6. The van der Waals surface area contributed by atoms with E-state index >= 15 is 0 Å². The van der Waals surface area contributed by atoms with Crippen LogP contribution in [0.15, 0.2) is 71.8 Å². The first-order chi connectivity index (χ1) is 14.1. The standard InChI is InChI=1S/C24H23ClNO3P/c1-22-15-30(29,17-12-8-5-9-13-17)19(14-18(22)25)23(2)20(27)26(21(28)24(22,23)3)16-10-6-4-7-11-16/h4-14,19H,15H2,1-3H3/t19-,22+,23-,24-,30?/m0/s1. The van der Waals surface area contributed by atoms with Gasteiger partial charge in [-0.1, -0.05) is 73.1 Å². The average molecular weight is 440 g/mol. The highest BCUT2D eigenvalue weighted by Crippen LogP contribution is 2.79. The molecule has 2 saturated heterocycles. The number of imide groups is 1. The van der Waals surface area contributed by atoms with E-state index in [0.717, 1.165) is 5.30 Å². The van der Waals surface area contributed by atoms with Crippen molar-refractivity contribution in [3.05, 3.63) is 71.8 Å². The van der Waals surface area contributed by atoms with E-state index in [1.165, 1.54) is 4.90 Å². The topological polar surface area (TPSA) is 54.5 Å². The zero-order valence-electron chi connectivity index (χ0n) is 17.1. The van der Waals surface area contributed by atoms with Gasteiger partial charge in [0.05, 0.1) is 22.2 Å². The predicted octanol–water partition coefficient (Wildman–Crippen LogP) is 4.79. The molecule has 3 heterocycles. The maximum absolute atomic E-state index is 14.6. The Balaban J connectivity index is 1.78. The number of allylic oxidation sites excluding steroid dienone is 2. The van der Waals surface area contributed by atoms with Crippen molar-refractivity contribution in [2.45, 2.75) is 26.4 Å². The Morgan fingerprint density at radius 3 is 2.10 bits per heavy atom. The van der Waals surface area contributed by atoms with Crippen molar-refractivity contribution in [3.63, 3.8) is 0 Å². The Morgan fingerprint density at radius 1 is 0.933 bits per heavy atom. The van der Waals surface area contributed by atoms with E-state index < -0.39 is 29.0 Å². The molecule has 2 amide bonds. The van der Waals surface area contributed by atoms with Gasteiger partial charge in [-0.3, -0.25) is 9.59 Å². The summed E-state index contributed by atoms with van der Waals surface area (Å²) in [4.78, 5) is 29.1. The molecule has 2 bridgehead atoms. The highest BCUT2D eigenvalue weighted by molar-refractivity contribution is 7.72. The molecule has 0 saturated carbocycles. The zero-order chi connectivity index (χ0) is 21.5. The van der Waals surface area contributed by atoms with Crippen molar-refractivity contribution < 1.29 is 14.2 Å². The van der Waals surface area contributed by atoms with Gasteiger partial charge < -0.3 is 4.57 Å². The van der Waals surface area contributed by atoms with Crippen LogP contribution in [0.4, 0.5) is 5.69 Å². The first kappa shape index (κ1) is 19.8. The lowest BCUT2D eigenvalue weighted by atomic mass is 9.50. The van der Waals surface area contributed by atoms with Crippen molar-refractivity contribution in [2.24, 2.45) is 16.2 Å². The number of nitrogens with zero attached hydrogens (tertiary/aromatic N) is 1. The van der Waals surface area contributed by atoms with Gasteiger partial charge in [-0.05, 0) is 26.0 Å². The number of halogens is 1. The molecule has 0 spiro atoms. The molecule has 5 atom stereocenters. The number of rotatable bonds is 2. The molecular weight excluding hydrogens is 417 g/mol. The van der Waals surface area contributed by atoms with Crippen molar-refractivity contribution >= 4 is 41.5 Å². The molecule has 0 radical (unpaired) electrons. The number of carbonyl (C=O) groups excluding carboxylic acids is 2. The van der Waals surface area contributed by atoms with Gasteiger partial charge in [0.25, 0.3) is 0 Å². The molecular formula is C24H23ClNO3P. The van der Waals surface area contributed by atoms with Gasteiger partial charge in [-0.15, -0.1) is 0 Å². The number of anilines is 1. The molecule has 154 valence electrons. The minimum absolute atomic E-state index is 0.265. The Labute approximate surface area is 181 Å². The largest absolute Gasteiger partial charge is 0.318 e. The molecule has 0 N–H and O–H groups in total. The van der Waals surface area contributed by atoms with Crippen LogP contribution in [0.2, 0.25) is 0 Å². The first-order valence-electron chi connectivity index (χ1n) is 10.1. The van der Waals surface area contributed by atoms with Gasteiger partial charge in [0.2, 0.25) is 11.8 Å². The fraction of sp³-hybridized carbons (Fsp3) is 0.333. The van der Waals surface area contributed by atoms with Crippen molar-refractivity contribution in [1.82, 2.24) is 0 Å². The SMILES string of the molecule is C[C@@]12C(=O)N(c3ccccc3)C(=O)[C@]1(C)[C@@H]1C=C(Cl)[C@@]2(C)CP1(=O)c1ccccc1. The van der Waals surface area contributed by atoms with Crippen LogP contribution in [0.3, 0.4) is 0 Å². The smallest absolute Gasteiger partial charge is 0.241 e.